The second kappa shape index (κ2) is 7.20. The third kappa shape index (κ3) is 3.66. The summed E-state index contributed by atoms with van der Waals surface area (Å²) in [5, 5.41) is 14.9. The van der Waals surface area contributed by atoms with Crippen molar-refractivity contribution < 1.29 is 9.84 Å². The van der Waals surface area contributed by atoms with Gasteiger partial charge in [-0.3, -0.25) is 4.68 Å². The summed E-state index contributed by atoms with van der Waals surface area (Å²) >= 11 is 2.02. The van der Waals surface area contributed by atoms with Crippen LogP contribution in [0.3, 0.4) is 0 Å². The number of hydrogen-bond acceptors (Lipinski definition) is 4. The van der Waals surface area contributed by atoms with E-state index in [1.54, 1.807) is 13.3 Å². The van der Waals surface area contributed by atoms with E-state index in [9.17, 15) is 5.11 Å². The van der Waals surface area contributed by atoms with Crippen LogP contribution < -0.4 is 4.74 Å². The van der Waals surface area contributed by atoms with Gasteiger partial charge in [0.05, 0.1) is 19.4 Å². The summed E-state index contributed by atoms with van der Waals surface area (Å²) in [5.74, 6) is 3.79. The molecule has 19 heavy (non-hydrogen) atoms. The molecular weight excluding hydrogens is 260 g/mol. The van der Waals surface area contributed by atoms with E-state index in [2.05, 4.69) is 12.0 Å². The first-order valence-electron chi connectivity index (χ1n) is 7.11. The van der Waals surface area contributed by atoms with Gasteiger partial charge in [-0.1, -0.05) is 6.92 Å². The molecule has 1 fully saturated rings. The lowest BCUT2D eigenvalue weighted by molar-refractivity contribution is 0.128. The molecule has 1 aliphatic rings. The quantitative estimate of drug-likeness (QED) is 0.872. The van der Waals surface area contributed by atoms with Crippen molar-refractivity contribution >= 4 is 11.8 Å². The van der Waals surface area contributed by atoms with E-state index in [0.717, 1.165) is 25.1 Å². The molecule has 1 aromatic heterocycles. The van der Waals surface area contributed by atoms with Gasteiger partial charge in [0.1, 0.15) is 5.69 Å². The topological polar surface area (TPSA) is 47.3 Å². The van der Waals surface area contributed by atoms with Crippen LogP contribution in [0.25, 0.3) is 0 Å². The lowest BCUT2D eigenvalue weighted by Crippen LogP contribution is -2.16. The predicted octanol–water partition coefficient (Wildman–Crippen LogP) is 2.87. The van der Waals surface area contributed by atoms with Crippen molar-refractivity contribution in [3.05, 3.63) is 11.9 Å². The summed E-state index contributed by atoms with van der Waals surface area (Å²) in [6.45, 7) is 2.94. The van der Waals surface area contributed by atoms with E-state index in [0.29, 0.717) is 11.7 Å². The molecule has 0 saturated carbocycles. The minimum atomic E-state index is -0.461. The minimum Gasteiger partial charge on any atom is -0.493 e. The average Bonchev–Trinajstić information content (AvgIpc) is 2.83. The number of aryl methyl sites for hydroxylation is 1. The number of thioether (sulfide) groups is 1. The highest BCUT2D eigenvalue weighted by molar-refractivity contribution is 7.99. The third-order valence-corrected chi connectivity index (χ3v) is 4.76. The second-order valence-corrected chi connectivity index (χ2v) is 6.35. The molecule has 0 aliphatic carbocycles. The van der Waals surface area contributed by atoms with Crippen molar-refractivity contribution in [2.75, 3.05) is 18.6 Å². The number of aromatic nitrogens is 2. The van der Waals surface area contributed by atoms with Crippen molar-refractivity contribution in [2.45, 2.75) is 45.3 Å². The van der Waals surface area contributed by atoms with Gasteiger partial charge in [-0.15, -0.1) is 0 Å². The van der Waals surface area contributed by atoms with Crippen LogP contribution in [-0.4, -0.2) is 33.5 Å². The van der Waals surface area contributed by atoms with Gasteiger partial charge < -0.3 is 9.84 Å². The van der Waals surface area contributed by atoms with E-state index in [1.807, 2.05) is 16.4 Å². The molecule has 0 spiro atoms. The Morgan fingerprint density at radius 3 is 2.89 bits per heavy atom. The summed E-state index contributed by atoms with van der Waals surface area (Å²) in [6, 6.07) is 0. The van der Waals surface area contributed by atoms with Crippen molar-refractivity contribution in [1.29, 1.82) is 0 Å². The van der Waals surface area contributed by atoms with Gasteiger partial charge in [0.25, 0.3) is 0 Å². The van der Waals surface area contributed by atoms with Crippen molar-refractivity contribution in [1.82, 2.24) is 9.78 Å². The molecule has 1 aliphatic heterocycles. The maximum absolute atomic E-state index is 10.5. The molecule has 4 nitrogen and oxygen atoms in total. The van der Waals surface area contributed by atoms with E-state index in [1.165, 1.54) is 24.3 Å². The van der Waals surface area contributed by atoms with Crippen LogP contribution in [0.15, 0.2) is 6.20 Å². The number of aliphatic hydroxyl groups excluding tert-OH is 1. The highest BCUT2D eigenvalue weighted by atomic mass is 32.2. The Morgan fingerprint density at radius 1 is 1.53 bits per heavy atom. The van der Waals surface area contributed by atoms with Crippen LogP contribution in [0.2, 0.25) is 0 Å². The lowest BCUT2D eigenvalue weighted by Gasteiger charge is -2.24. The van der Waals surface area contributed by atoms with Gasteiger partial charge in [-0.2, -0.15) is 16.9 Å². The summed E-state index contributed by atoms with van der Waals surface area (Å²) in [7, 11) is 1.64. The monoisotopic (exact) mass is 284 g/mol. The maximum atomic E-state index is 10.5. The zero-order chi connectivity index (χ0) is 13.7. The number of aliphatic hydroxyl groups is 1. The molecule has 0 amide bonds. The molecular formula is C14H24N2O2S. The summed E-state index contributed by atoms with van der Waals surface area (Å²) in [6.07, 6.45) is 5.51. The number of nitrogens with zero attached hydrogens (tertiary/aromatic N) is 2. The summed E-state index contributed by atoms with van der Waals surface area (Å²) in [4.78, 5) is 0. The van der Waals surface area contributed by atoms with Gasteiger partial charge in [0, 0.05) is 6.54 Å². The molecule has 1 unspecified atom stereocenters. The van der Waals surface area contributed by atoms with E-state index >= 15 is 0 Å². The van der Waals surface area contributed by atoms with Crippen LogP contribution in [0.4, 0.5) is 0 Å². The van der Waals surface area contributed by atoms with Crippen LogP contribution in [0.1, 0.15) is 44.4 Å². The van der Waals surface area contributed by atoms with Gasteiger partial charge >= 0.3 is 0 Å². The molecule has 108 valence electrons. The minimum absolute atomic E-state index is 0.461. The van der Waals surface area contributed by atoms with E-state index < -0.39 is 6.10 Å². The number of methoxy groups -OCH3 is 1. The van der Waals surface area contributed by atoms with Crippen LogP contribution in [0, 0.1) is 5.92 Å². The maximum Gasteiger partial charge on any atom is 0.162 e. The molecule has 2 rings (SSSR count). The SMILES string of the molecule is CCCn1ncc(OC)c1C(O)CC1CCSCC1. The second-order valence-electron chi connectivity index (χ2n) is 5.13. The van der Waals surface area contributed by atoms with Gasteiger partial charge in [-0.25, -0.2) is 0 Å². The fourth-order valence-electron chi connectivity index (χ4n) is 2.67. The lowest BCUT2D eigenvalue weighted by atomic mass is 9.94. The fourth-order valence-corrected chi connectivity index (χ4v) is 3.87. The first-order chi connectivity index (χ1) is 9.26. The Morgan fingerprint density at radius 2 is 2.26 bits per heavy atom. The summed E-state index contributed by atoms with van der Waals surface area (Å²) < 4.78 is 7.23. The Bertz CT molecular complexity index is 389. The zero-order valence-electron chi connectivity index (χ0n) is 11.8. The predicted molar refractivity (Wildman–Crippen MR) is 78.7 cm³/mol. The molecule has 1 N–H and O–H groups in total. The first-order valence-corrected chi connectivity index (χ1v) is 8.27. The Hall–Kier alpha value is -0.680. The highest BCUT2D eigenvalue weighted by Gasteiger charge is 2.24. The van der Waals surface area contributed by atoms with E-state index in [-0.39, 0.29) is 0 Å². The van der Waals surface area contributed by atoms with Crippen molar-refractivity contribution in [3.63, 3.8) is 0 Å². The third-order valence-electron chi connectivity index (χ3n) is 3.71. The van der Waals surface area contributed by atoms with Gasteiger partial charge in [-0.05, 0) is 43.1 Å². The molecule has 1 aromatic rings. The standard InChI is InChI=1S/C14H24N2O2S/c1-3-6-16-14(13(18-2)10-15-16)12(17)9-11-4-7-19-8-5-11/h10-12,17H,3-9H2,1-2H3. The largest absolute Gasteiger partial charge is 0.493 e. The number of hydrogen-bond donors (Lipinski definition) is 1. The Labute approximate surface area is 119 Å². The van der Waals surface area contributed by atoms with Crippen LogP contribution >= 0.6 is 11.8 Å². The van der Waals surface area contributed by atoms with E-state index in [4.69, 9.17) is 4.74 Å². The highest BCUT2D eigenvalue weighted by Crippen LogP contribution is 2.34. The molecule has 0 aromatic carbocycles. The Balaban J connectivity index is 2.07. The van der Waals surface area contributed by atoms with Crippen molar-refractivity contribution in [3.8, 4) is 5.75 Å². The normalized spacial score (nSPS) is 18.5. The van der Waals surface area contributed by atoms with Crippen LogP contribution in [0.5, 0.6) is 5.75 Å². The molecule has 2 heterocycles. The van der Waals surface area contributed by atoms with Gasteiger partial charge in [0.2, 0.25) is 0 Å². The molecule has 1 atom stereocenters. The van der Waals surface area contributed by atoms with Crippen LogP contribution in [-0.2, 0) is 6.54 Å². The fraction of sp³-hybridized carbons (Fsp3) is 0.786. The van der Waals surface area contributed by atoms with Gasteiger partial charge in [0.15, 0.2) is 5.75 Å². The molecule has 0 bridgehead atoms. The van der Waals surface area contributed by atoms with Crippen molar-refractivity contribution in [2.24, 2.45) is 5.92 Å². The number of ether oxygens (including phenoxy) is 1. The molecule has 5 heteroatoms. The molecule has 1 saturated heterocycles. The number of rotatable bonds is 6. The smallest absolute Gasteiger partial charge is 0.162 e. The molecule has 0 radical (unpaired) electrons. The average molecular weight is 284 g/mol. The zero-order valence-corrected chi connectivity index (χ0v) is 12.7. The first kappa shape index (κ1) is 14.7. The Kier molecular flexibility index (Phi) is 5.58. The summed E-state index contributed by atoms with van der Waals surface area (Å²) in [5.41, 5.74) is 0.850.